The van der Waals surface area contributed by atoms with Crippen LogP contribution in [0.2, 0.25) is 0 Å². The van der Waals surface area contributed by atoms with Gasteiger partial charge in [-0.1, -0.05) is 23.5 Å². The summed E-state index contributed by atoms with van der Waals surface area (Å²) in [4.78, 5) is 5.03. The molecular formula is C17H25N5OS. The highest BCUT2D eigenvalue weighted by molar-refractivity contribution is 7.15. The zero-order chi connectivity index (χ0) is 16.9. The Bertz CT molecular complexity index is 654. The van der Waals surface area contributed by atoms with Crippen molar-refractivity contribution in [2.75, 3.05) is 45.6 Å². The molecule has 0 aliphatic carbocycles. The van der Waals surface area contributed by atoms with Crippen molar-refractivity contribution in [1.82, 2.24) is 20.0 Å². The Labute approximate surface area is 147 Å². The highest BCUT2D eigenvalue weighted by Crippen LogP contribution is 2.25. The molecule has 6 nitrogen and oxygen atoms in total. The van der Waals surface area contributed by atoms with Gasteiger partial charge in [0.25, 0.3) is 0 Å². The summed E-state index contributed by atoms with van der Waals surface area (Å²) in [5.41, 5.74) is 6.94. The monoisotopic (exact) mass is 347 g/mol. The molecule has 1 aromatic carbocycles. The van der Waals surface area contributed by atoms with Crippen LogP contribution in [0, 0.1) is 0 Å². The molecule has 1 aliphatic rings. The molecule has 2 N–H and O–H groups in total. The SMILES string of the molecule is COc1cccc(C(C)N2CCN(CCc3nnc(N)s3)CC2)c1. The van der Waals surface area contributed by atoms with Gasteiger partial charge in [-0.25, -0.2) is 0 Å². The second-order valence-electron chi connectivity index (χ2n) is 6.11. The molecule has 1 aliphatic heterocycles. The number of piperazine rings is 1. The normalized spacial score (nSPS) is 17.8. The standard InChI is InChI=1S/C17H25N5OS/c1-13(14-4-3-5-15(12-14)23-2)22-10-8-21(9-11-22)7-6-16-19-20-17(18)24-16/h3-5,12-13H,6-11H2,1-2H3,(H2,18,20). The zero-order valence-electron chi connectivity index (χ0n) is 14.3. The van der Waals surface area contributed by atoms with Gasteiger partial charge in [0.1, 0.15) is 10.8 Å². The van der Waals surface area contributed by atoms with E-state index in [9.17, 15) is 0 Å². The van der Waals surface area contributed by atoms with Crippen LogP contribution >= 0.6 is 11.3 Å². The molecule has 2 aromatic rings. The second kappa shape index (κ2) is 7.92. The van der Waals surface area contributed by atoms with Crippen LogP contribution in [0.25, 0.3) is 0 Å². The van der Waals surface area contributed by atoms with Crippen molar-refractivity contribution < 1.29 is 4.74 Å². The summed E-state index contributed by atoms with van der Waals surface area (Å²) in [6.45, 7) is 7.63. The van der Waals surface area contributed by atoms with Crippen molar-refractivity contribution >= 4 is 16.5 Å². The van der Waals surface area contributed by atoms with Gasteiger partial charge in [-0.3, -0.25) is 4.90 Å². The van der Waals surface area contributed by atoms with E-state index in [-0.39, 0.29) is 0 Å². The predicted molar refractivity (Wildman–Crippen MR) is 97.4 cm³/mol. The largest absolute Gasteiger partial charge is 0.497 e. The number of hydrogen-bond acceptors (Lipinski definition) is 7. The third-order valence-electron chi connectivity index (χ3n) is 4.66. The van der Waals surface area contributed by atoms with E-state index >= 15 is 0 Å². The summed E-state index contributed by atoms with van der Waals surface area (Å²) in [5, 5.41) is 9.55. The highest BCUT2D eigenvalue weighted by atomic mass is 32.1. The van der Waals surface area contributed by atoms with Crippen LogP contribution < -0.4 is 10.5 Å². The van der Waals surface area contributed by atoms with Crippen molar-refractivity contribution in [1.29, 1.82) is 0 Å². The smallest absolute Gasteiger partial charge is 0.203 e. The van der Waals surface area contributed by atoms with E-state index in [1.807, 2.05) is 6.07 Å². The maximum atomic E-state index is 5.63. The number of aromatic nitrogens is 2. The topological polar surface area (TPSA) is 67.5 Å². The molecule has 0 bridgehead atoms. The fourth-order valence-electron chi connectivity index (χ4n) is 3.11. The van der Waals surface area contributed by atoms with Crippen LogP contribution in [0.5, 0.6) is 5.75 Å². The number of methoxy groups -OCH3 is 1. The van der Waals surface area contributed by atoms with Crippen LogP contribution in [0.4, 0.5) is 5.13 Å². The number of ether oxygens (including phenoxy) is 1. The van der Waals surface area contributed by atoms with Crippen LogP contribution in [0.3, 0.4) is 0 Å². The Morgan fingerprint density at radius 1 is 1.25 bits per heavy atom. The molecule has 1 atom stereocenters. The highest BCUT2D eigenvalue weighted by Gasteiger charge is 2.22. The molecule has 2 heterocycles. The average molecular weight is 347 g/mol. The minimum Gasteiger partial charge on any atom is -0.497 e. The molecule has 1 fully saturated rings. The van der Waals surface area contributed by atoms with Gasteiger partial charge in [-0.05, 0) is 24.6 Å². The van der Waals surface area contributed by atoms with Crippen LogP contribution in [0.15, 0.2) is 24.3 Å². The number of nitrogens with zero attached hydrogens (tertiary/aromatic N) is 4. The van der Waals surface area contributed by atoms with Crippen molar-refractivity contribution in [2.24, 2.45) is 0 Å². The van der Waals surface area contributed by atoms with Gasteiger partial charge < -0.3 is 15.4 Å². The van der Waals surface area contributed by atoms with Crippen LogP contribution in [-0.2, 0) is 6.42 Å². The Morgan fingerprint density at radius 2 is 2.04 bits per heavy atom. The van der Waals surface area contributed by atoms with E-state index in [4.69, 9.17) is 10.5 Å². The minimum atomic E-state index is 0.408. The first kappa shape index (κ1) is 17.1. The first-order chi connectivity index (χ1) is 11.7. The van der Waals surface area contributed by atoms with E-state index in [2.05, 4.69) is 45.1 Å². The van der Waals surface area contributed by atoms with Crippen molar-refractivity contribution in [3.05, 3.63) is 34.8 Å². The Balaban J connectivity index is 1.49. The van der Waals surface area contributed by atoms with E-state index in [0.29, 0.717) is 11.2 Å². The van der Waals surface area contributed by atoms with E-state index in [1.165, 1.54) is 16.9 Å². The lowest BCUT2D eigenvalue weighted by Gasteiger charge is -2.38. The third kappa shape index (κ3) is 4.23. The van der Waals surface area contributed by atoms with Gasteiger partial charge >= 0.3 is 0 Å². The van der Waals surface area contributed by atoms with Crippen molar-refractivity contribution in [2.45, 2.75) is 19.4 Å². The lowest BCUT2D eigenvalue weighted by atomic mass is 10.1. The van der Waals surface area contributed by atoms with E-state index < -0.39 is 0 Å². The number of nitrogen functional groups attached to an aromatic ring is 1. The molecule has 1 saturated heterocycles. The number of nitrogens with two attached hydrogens (primary N) is 1. The Kier molecular flexibility index (Phi) is 5.65. The summed E-state index contributed by atoms with van der Waals surface area (Å²) in [6.07, 6.45) is 0.931. The zero-order valence-corrected chi connectivity index (χ0v) is 15.1. The van der Waals surface area contributed by atoms with Gasteiger partial charge in [0.05, 0.1) is 7.11 Å². The molecule has 0 amide bonds. The number of anilines is 1. The fourth-order valence-corrected chi connectivity index (χ4v) is 3.71. The second-order valence-corrected chi connectivity index (χ2v) is 7.21. The van der Waals surface area contributed by atoms with Crippen LogP contribution in [-0.4, -0.2) is 59.8 Å². The van der Waals surface area contributed by atoms with E-state index in [0.717, 1.165) is 49.9 Å². The molecule has 7 heteroatoms. The Morgan fingerprint density at radius 3 is 2.71 bits per heavy atom. The molecular weight excluding hydrogens is 322 g/mol. The predicted octanol–water partition coefficient (Wildman–Crippen LogP) is 2.05. The molecule has 24 heavy (non-hydrogen) atoms. The lowest BCUT2D eigenvalue weighted by molar-refractivity contribution is 0.103. The molecule has 3 rings (SSSR count). The minimum absolute atomic E-state index is 0.408. The average Bonchev–Trinajstić information content (AvgIpc) is 3.05. The van der Waals surface area contributed by atoms with Gasteiger partial charge in [0.2, 0.25) is 5.13 Å². The van der Waals surface area contributed by atoms with Gasteiger partial charge in [0.15, 0.2) is 0 Å². The summed E-state index contributed by atoms with van der Waals surface area (Å²) >= 11 is 1.49. The summed E-state index contributed by atoms with van der Waals surface area (Å²) in [5.74, 6) is 0.925. The maximum absolute atomic E-state index is 5.63. The summed E-state index contributed by atoms with van der Waals surface area (Å²) < 4.78 is 5.34. The molecule has 130 valence electrons. The number of benzene rings is 1. The molecule has 0 spiro atoms. The summed E-state index contributed by atoms with van der Waals surface area (Å²) in [7, 11) is 1.72. The number of rotatable bonds is 6. The third-order valence-corrected chi connectivity index (χ3v) is 5.47. The fraction of sp³-hybridized carbons (Fsp3) is 0.529. The first-order valence-electron chi connectivity index (χ1n) is 8.34. The molecule has 0 radical (unpaired) electrons. The molecule has 1 unspecified atom stereocenters. The van der Waals surface area contributed by atoms with Crippen molar-refractivity contribution in [3.63, 3.8) is 0 Å². The van der Waals surface area contributed by atoms with E-state index in [1.54, 1.807) is 7.11 Å². The maximum Gasteiger partial charge on any atom is 0.203 e. The molecule has 1 aromatic heterocycles. The van der Waals surface area contributed by atoms with Gasteiger partial charge in [-0.15, -0.1) is 10.2 Å². The summed E-state index contributed by atoms with van der Waals surface area (Å²) in [6, 6.07) is 8.78. The van der Waals surface area contributed by atoms with Gasteiger partial charge in [-0.2, -0.15) is 0 Å². The van der Waals surface area contributed by atoms with Crippen LogP contribution in [0.1, 0.15) is 23.5 Å². The number of hydrogen-bond donors (Lipinski definition) is 1. The molecule has 0 saturated carbocycles. The van der Waals surface area contributed by atoms with Gasteiger partial charge in [0, 0.05) is 45.2 Å². The first-order valence-corrected chi connectivity index (χ1v) is 9.15. The Hall–Kier alpha value is -1.70. The van der Waals surface area contributed by atoms with Crippen molar-refractivity contribution in [3.8, 4) is 5.75 Å². The lowest BCUT2D eigenvalue weighted by Crippen LogP contribution is -2.47. The quantitative estimate of drug-likeness (QED) is 0.863.